The molecule has 0 spiro atoms. The number of aromatic nitrogens is 1. The Bertz CT molecular complexity index is 1240. The minimum absolute atomic E-state index is 0.00292. The molecule has 0 bridgehead atoms. The number of aliphatic hydroxyl groups is 2. The quantitative estimate of drug-likeness (QED) is 0.339. The molecule has 1 aromatic heterocycles. The van der Waals surface area contributed by atoms with E-state index in [1.807, 2.05) is 42.5 Å². The standard InChI is InChI=1S/C27H26N2O4/c30-24(26(31)22-11-5-6-17-12-14-28-25(17)22)13-15-29-27(32)33-16-23-20-9-3-1-7-18(20)19-8-2-4-10-21(19)23/h1-12,14,23-24,26,28,30-31H,13,15-16H2,(H,29,32). The van der Waals surface area contributed by atoms with Gasteiger partial charge >= 0.3 is 6.09 Å². The highest BCUT2D eigenvalue weighted by Crippen LogP contribution is 2.44. The third-order valence-corrected chi connectivity index (χ3v) is 6.36. The van der Waals surface area contributed by atoms with Crippen molar-refractivity contribution in [3.8, 4) is 11.1 Å². The Labute approximate surface area is 191 Å². The van der Waals surface area contributed by atoms with Gasteiger partial charge in [-0.1, -0.05) is 66.7 Å². The van der Waals surface area contributed by atoms with Crippen molar-refractivity contribution in [2.75, 3.05) is 13.2 Å². The van der Waals surface area contributed by atoms with Crippen LogP contribution in [0.5, 0.6) is 0 Å². The number of carbonyl (C=O) groups is 1. The number of carbonyl (C=O) groups excluding carboxylic acids is 1. The number of H-pyrrole nitrogens is 1. The highest BCUT2D eigenvalue weighted by Gasteiger charge is 2.29. The third kappa shape index (κ3) is 4.11. The van der Waals surface area contributed by atoms with Crippen LogP contribution in [0.3, 0.4) is 0 Å². The molecule has 2 atom stereocenters. The molecule has 0 radical (unpaired) electrons. The zero-order valence-corrected chi connectivity index (χ0v) is 18.1. The van der Waals surface area contributed by atoms with Gasteiger partial charge in [-0.25, -0.2) is 4.79 Å². The molecule has 6 nitrogen and oxygen atoms in total. The fourth-order valence-corrected chi connectivity index (χ4v) is 4.69. The summed E-state index contributed by atoms with van der Waals surface area (Å²) in [6, 6.07) is 23.8. The first-order chi connectivity index (χ1) is 16.1. The summed E-state index contributed by atoms with van der Waals surface area (Å²) < 4.78 is 5.51. The van der Waals surface area contributed by atoms with E-state index < -0.39 is 18.3 Å². The molecule has 0 saturated heterocycles. The van der Waals surface area contributed by atoms with Crippen LogP contribution >= 0.6 is 0 Å². The van der Waals surface area contributed by atoms with Crippen LogP contribution in [-0.4, -0.2) is 40.5 Å². The second kappa shape index (κ2) is 9.10. The lowest BCUT2D eigenvalue weighted by Crippen LogP contribution is -2.30. The van der Waals surface area contributed by atoms with E-state index in [9.17, 15) is 15.0 Å². The second-order valence-corrected chi connectivity index (χ2v) is 8.34. The number of para-hydroxylation sites is 1. The number of alkyl carbamates (subject to hydrolysis) is 1. The molecule has 2 unspecified atom stereocenters. The predicted molar refractivity (Wildman–Crippen MR) is 127 cm³/mol. The lowest BCUT2D eigenvalue weighted by Gasteiger charge is -2.19. The first-order valence-electron chi connectivity index (χ1n) is 11.1. The van der Waals surface area contributed by atoms with Gasteiger partial charge in [0.2, 0.25) is 0 Å². The van der Waals surface area contributed by atoms with Gasteiger partial charge < -0.3 is 25.3 Å². The first kappa shape index (κ1) is 21.2. The SMILES string of the molecule is O=C(NCCC(O)C(O)c1cccc2cc[nH]c12)OCC1c2ccccc2-c2ccccc21. The highest BCUT2D eigenvalue weighted by molar-refractivity contribution is 5.83. The summed E-state index contributed by atoms with van der Waals surface area (Å²) in [5.41, 5.74) is 6.10. The molecular formula is C27H26N2O4. The molecule has 1 aliphatic carbocycles. The zero-order chi connectivity index (χ0) is 22.8. The van der Waals surface area contributed by atoms with Crippen molar-refractivity contribution in [3.63, 3.8) is 0 Å². The van der Waals surface area contributed by atoms with E-state index in [4.69, 9.17) is 4.74 Å². The highest BCUT2D eigenvalue weighted by atomic mass is 16.5. The van der Waals surface area contributed by atoms with Crippen LogP contribution in [0, 0.1) is 0 Å². The molecule has 33 heavy (non-hydrogen) atoms. The fourth-order valence-electron chi connectivity index (χ4n) is 4.69. The van der Waals surface area contributed by atoms with Gasteiger partial charge in [-0.15, -0.1) is 0 Å². The maximum absolute atomic E-state index is 12.3. The summed E-state index contributed by atoms with van der Waals surface area (Å²) in [6.45, 7) is 0.426. The summed E-state index contributed by atoms with van der Waals surface area (Å²) in [4.78, 5) is 15.4. The van der Waals surface area contributed by atoms with E-state index in [1.54, 1.807) is 12.3 Å². The van der Waals surface area contributed by atoms with E-state index in [1.165, 1.54) is 11.1 Å². The van der Waals surface area contributed by atoms with E-state index in [0.717, 1.165) is 22.0 Å². The summed E-state index contributed by atoms with van der Waals surface area (Å²) in [6.07, 6.45) is -0.622. The van der Waals surface area contributed by atoms with Crippen LogP contribution in [0.1, 0.15) is 35.1 Å². The van der Waals surface area contributed by atoms with Crippen molar-refractivity contribution in [2.45, 2.75) is 24.5 Å². The Kier molecular flexibility index (Phi) is 5.86. The second-order valence-electron chi connectivity index (χ2n) is 8.34. The lowest BCUT2D eigenvalue weighted by molar-refractivity contribution is 0.0144. The van der Waals surface area contributed by atoms with Crippen LogP contribution in [0.4, 0.5) is 4.79 Å². The summed E-state index contributed by atoms with van der Waals surface area (Å²) in [5.74, 6) is -0.00292. The van der Waals surface area contributed by atoms with Crippen LogP contribution in [0.2, 0.25) is 0 Å². The van der Waals surface area contributed by atoms with Gasteiger partial charge in [0.15, 0.2) is 0 Å². The fraction of sp³-hybridized carbons (Fsp3) is 0.222. The van der Waals surface area contributed by atoms with E-state index >= 15 is 0 Å². The number of hydrogen-bond acceptors (Lipinski definition) is 4. The molecule has 1 amide bonds. The molecule has 0 saturated carbocycles. The molecule has 1 aliphatic rings. The van der Waals surface area contributed by atoms with E-state index in [-0.39, 0.29) is 25.5 Å². The predicted octanol–water partition coefficient (Wildman–Crippen LogP) is 4.49. The number of aliphatic hydroxyl groups excluding tert-OH is 2. The first-order valence-corrected chi connectivity index (χ1v) is 11.1. The minimum atomic E-state index is -1.06. The van der Waals surface area contributed by atoms with Crippen molar-refractivity contribution in [2.24, 2.45) is 0 Å². The largest absolute Gasteiger partial charge is 0.449 e. The van der Waals surface area contributed by atoms with Crippen molar-refractivity contribution >= 4 is 17.0 Å². The zero-order valence-electron chi connectivity index (χ0n) is 18.1. The van der Waals surface area contributed by atoms with Crippen LogP contribution in [0.15, 0.2) is 79.0 Å². The number of hydrogen-bond donors (Lipinski definition) is 4. The molecule has 1 heterocycles. The van der Waals surface area contributed by atoms with Gasteiger partial charge in [-0.05, 0) is 40.1 Å². The number of amides is 1. The third-order valence-electron chi connectivity index (χ3n) is 6.36. The van der Waals surface area contributed by atoms with Crippen LogP contribution < -0.4 is 5.32 Å². The summed E-state index contributed by atoms with van der Waals surface area (Å²) in [7, 11) is 0. The van der Waals surface area contributed by atoms with Crippen LogP contribution in [0.25, 0.3) is 22.0 Å². The van der Waals surface area contributed by atoms with E-state index in [0.29, 0.717) is 5.56 Å². The lowest BCUT2D eigenvalue weighted by atomic mass is 9.98. The minimum Gasteiger partial charge on any atom is -0.449 e. The van der Waals surface area contributed by atoms with Gasteiger partial charge in [0.05, 0.1) is 11.6 Å². The number of rotatable bonds is 7. The number of aromatic amines is 1. The summed E-state index contributed by atoms with van der Waals surface area (Å²) >= 11 is 0. The molecule has 168 valence electrons. The van der Waals surface area contributed by atoms with Crippen molar-refractivity contribution in [3.05, 3.63) is 95.7 Å². The Morgan fingerprint density at radius 3 is 2.36 bits per heavy atom. The monoisotopic (exact) mass is 442 g/mol. The maximum atomic E-state index is 12.3. The molecule has 6 heteroatoms. The van der Waals surface area contributed by atoms with Crippen molar-refractivity contribution in [1.29, 1.82) is 0 Å². The Balaban J connectivity index is 1.15. The maximum Gasteiger partial charge on any atom is 0.407 e. The molecule has 0 fully saturated rings. The average Bonchev–Trinajstić information content (AvgIpc) is 3.45. The molecule has 4 N–H and O–H groups in total. The van der Waals surface area contributed by atoms with E-state index in [2.05, 4.69) is 34.6 Å². The number of nitrogens with one attached hydrogen (secondary N) is 2. The summed E-state index contributed by atoms with van der Waals surface area (Å²) in [5, 5.41) is 24.7. The van der Waals surface area contributed by atoms with Crippen LogP contribution in [-0.2, 0) is 4.74 Å². The number of benzene rings is 3. The molecule has 5 rings (SSSR count). The van der Waals surface area contributed by atoms with Gasteiger partial charge in [-0.3, -0.25) is 0 Å². The Morgan fingerprint density at radius 1 is 0.939 bits per heavy atom. The average molecular weight is 443 g/mol. The number of fused-ring (bicyclic) bond motifs is 4. The normalized spacial score (nSPS) is 14.5. The van der Waals surface area contributed by atoms with Crippen molar-refractivity contribution < 1.29 is 19.7 Å². The molecule has 4 aromatic rings. The molecule has 0 aliphatic heterocycles. The van der Waals surface area contributed by atoms with Gasteiger partial charge in [0.1, 0.15) is 12.7 Å². The molecular weight excluding hydrogens is 416 g/mol. The van der Waals surface area contributed by atoms with Gasteiger partial charge in [-0.2, -0.15) is 0 Å². The van der Waals surface area contributed by atoms with Gasteiger partial charge in [0.25, 0.3) is 0 Å². The van der Waals surface area contributed by atoms with Gasteiger partial charge in [0, 0.05) is 24.2 Å². The molecule has 3 aromatic carbocycles. The Morgan fingerprint density at radius 2 is 1.64 bits per heavy atom. The van der Waals surface area contributed by atoms with Crippen molar-refractivity contribution in [1.82, 2.24) is 10.3 Å². The number of ether oxygens (including phenoxy) is 1. The smallest absolute Gasteiger partial charge is 0.407 e. The Hall–Kier alpha value is -3.61. The topological polar surface area (TPSA) is 94.6 Å².